The minimum atomic E-state index is 0.297. The highest BCUT2D eigenvalue weighted by Crippen LogP contribution is 2.38. The van der Waals surface area contributed by atoms with Gasteiger partial charge >= 0.3 is 0 Å². The van der Waals surface area contributed by atoms with E-state index >= 15 is 0 Å². The van der Waals surface area contributed by atoms with Crippen LogP contribution in [0.15, 0.2) is 24.3 Å². The third-order valence-corrected chi connectivity index (χ3v) is 4.79. The van der Waals surface area contributed by atoms with E-state index in [-0.39, 0.29) is 0 Å². The molecule has 110 valence electrons. The highest BCUT2D eigenvalue weighted by Gasteiger charge is 2.34. The number of para-hydroxylation sites is 1. The van der Waals surface area contributed by atoms with Crippen LogP contribution >= 0.6 is 0 Å². The summed E-state index contributed by atoms with van der Waals surface area (Å²) in [5, 5.41) is 0. The van der Waals surface area contributed by atoms with Gasteiger partial charge in [0.2, 0.25) is 0 Å². The molecule has 1 aromatic carbocycles. The summed E-state index contributed by atoms with van der Waals surface area (Å²) in [5.41, 5.74) is 4.36. The van der Waals surface area contributed by atoms with E-state index in [4.69, 9.17) is 15.3 Å². The predicted molar refractivity (Wildman–Crippen MR) is 78.5 cm³/mol. The Labute approximate surface area is 120 Å². The second kappa shape index (κ2) is 6.12. The van der Waals surface area contributed by atoms with E-state index in [1.54, 1.807) is 0 Å². The number of nitrogens with two attached hydrogens (primary N) is 1. The summed E-state index contributed by atoms with van der Waals surface area (Å²) in [7, 11) is 0. The summed E-state index contributed by atoms with van der Waals surface area (Å²) >= 11 is 0. The normalized spacial score (nSPS) is 30.6. The molecule has 0 bridgehead atoms. The number of nitrogens with one attached hydrogen (secondary N) is 1. The second-order valence-corrected chi connectivity index (χ2v) is 5.91. The van der Waals surface area contributed by atoms with Gasteiger partial charge in [0.25, 0.3) is 0 Å². The zero-order valence-corrected chi connectivity index (χ0v) is 12.0. The minimum Gasteiger partial charge on any atom is -0.493 e. The largest absolute Gasteiger partial charge is 0.493 e. The molecule has 20 heavy (non-hydrogen) atoms. The predicted octanol–water partition coefficient (Wildman–Crippen LogP) is 2.20. The van der Waals surface area contributed by atoms with Crippen LogP contribution in [0.1, 0.15) is 37.7 Å². The van der Waals surface area contributed by atoms with Crippen LogP contribution in [0.4, 0.5) is 0 Å². The molecule has 2 aliphatic heterocycles. The fourth-order valence-electron chi connectivity index (χ4n) is 3.61. The maximum absolute atomic E-state index is 5.82. The lowest BCUT2D eigenvalue weighted by atomic mass is 9.82. The average Bonchev–Trinajstić information content (AvgIpc) is 2.91. The van der Waals surface area contributed by atoms with E-state index in [1.807, 2.05) is 6.07 Å². The lowest BCUT2D eigenvalue weighted by Crippen LogP contribution is -2.44. The van der Waals surface area contributed by atoms with Crippen LogP contribution in [0, 0.1) is 5.92 Å². The molecule has 2 aliphatic rings. The van der Waals surface area contributed by atoms with Crippen molar-refractivity contribution in [3.05, 3.63) is 29.8 Å². The molecule has 4 heteroatoms. The number of fused-ring (bicyclic) bond motifs is 1. The molecule has 0 spiro atoms. The number of hydrogen-bond acceptors (Lipinski definition) is 4. The van der Waals surface area contributed by atoms with Crippen molar-refractivity contribution in [3.63, 3.8) is 0 Å². The van der Waals surface area contributed by atoms with E-state index in [1.165, 1.54) is 5.56 Å². The van der Waals surface area contributed by atoms with Gasteiger partial charge in [-0.1, -0.05) is 18.2 Å². The first-order chi connectivity index (χ1) is 9.79. The smallest absolute Gasteiger partial charge is 0.122 e. The zero-order valence-electron chi connectivity index (χ0n) is 12.0. The molecule has 0 saturated carbocycles. The van der Waals surface area contributed by atoms with Gasteiger partial charge < -0.3 is 9.47 Å². The summed E-state index contributed by atoms with van der Waals surface area (Å²) in [4.78, 5) is 0. The fourth-order valence-corrected chi connectivity index (χ4v) is 3.61. The molecule has 3 N–H and O–H groups in total. The van der Waals surface area contributed by atoms with Gasteiger partial charge in [0.15, 0.2) is 0 Å². The molecular formula is C16H24N2O2. The van der Waals surface area contributed by atoms with E-state index in [0.717, 1.165) is 38.2 Å². The Kier molecular flexibility index (Phi) is 4.24. The molecule has 0 aliphatic carbocycles. The van der Waals surface area contributed by atoms with Crippen molar-refractivity contribution in [2.75, 3.05) is 13.2 Å². The Bertz CT molecular complexity index is 452. The number of ether oxygens (including phenoxy) is 2. The fraction of sp³-hybridized carbons (Fsp3) is 0.625. The molecule has 1 fully saturated rings. The highest BCUT2D eigenvalue weighted by molar-refractivity contribution is 5.37. The number of hydrazine groups is 1. The van der Waals surface area contributed by atoms with Gasteiger partial charge in [-0.2, -0.15) is 0 Å². The van der Waals surface area contributed by atoms with Gasteiger partial charge in [0, 0.05) is 18.6 Å². The monoisotopic (exact) mass is 276 g/mol. The molecule has 0 radical (unpaired) electrons. The average molecular weight is 276 g/mol. The van der Waals surface area contributed by atoms with Crippen LogP contribution < -0.4 is 16.0 Å². The Morgan fingerprint density at radius 2 is 2.15 bits per heavy atom. The van der Waals surface area contributed by atoms with Crippen LogP contribution in [0.3, 0.4) is 0 Å². The van der Waals surface area contributed by atoms with Crippen molar-refractivity contribution < 1.29 is 9.47 Å². The Morgan fingerprint density at radius 1 is 1.30 bits per heavy atom. The molecule has 1 aromatic rings. The van der Waals surface area contributed by atoms with Crippen LogP contribution in [-0.4, -0.2) is 25.4 Å². The molecule has 4 atom stereocenters. The van der Waals surface area contributed by atoms with Crippen LogP contribution in [0.5, 0.6) is 5.75 Å². The summed E-state index contributed by atoms with van der Waals surface area (Å²) < 4.78 is 11.4. The van der Waals surface area contributed by atoms with Crippen molar-refractivity contribution in [3.8, 4) is 5.75 Å². The van der Waals surface area contributed by atoms with Gasteiger partial charge in [-0.25, -0.2) is 0 Å². The zero-order chi connectivity index (χ0) is 13.9. The Hall–Kier alpha value is -1.10. The Morgan fingerprint density at radius 3 is 2.90 bits per heavy atom. The standard InChI is InChI=1S/C16H24N2O2/c1-11-13(7-9-19-11)15(18-17)10-12-6-8-20-16-5-3-2-4-14(12)16/h2-5,11-13,15,18H,6-10,17H2,1H3. The van der Waals surface area contributed by atoms with Crippen LogP contribution in [-0.2, 0) is 4.74 Å². The van der Waals surface area contributed by atoms with Gasteiger partial charge in [-0.3, -0.25) is 11.3 Å². The maximum Gasteiger partial charge on any atom is 0.122 e. The van der Waals surface area contributed by atoms with E-state index < -0.39 is 0 Å². The van der Waals surface area contributed by atoms with E-state index in [0.29, 0.717) is 24.0 Å². The van der Waals surface area contributed by atoms with Crippen molar-refractivity contribution in [1.82, 2.24) is 5.43 Å². The second-order valence-electron chi connectivity index (χ2n) is 5.91. The maximum atomic E-state index is 5.82. The molecule has 3 rings (SSSR count). The van der Waals surface area contributed by atoms with E-state index in [9.17, 15) is 0 Å². The lowest BCUT2D eigenvalue weighted by Gasteiger charge is -2.32. The Balaban J connectivity index is 1.73. The molecule has 4 nitrogen and oxygen atoms in total. The minimum absolute atomic E-state index is 0.297. The van der Waals surface area contributed by atoms with Crippen LogP contribution in [0.25, 0.3) is 0 Å². The highest BCUT2D eigenvalue weighted by atomic mass is 16.5. The summed E-state index contributed by atoms with van der Waals surface area (Å²) in [5.74, 6) is 7.88. The first-order valence-electron chi connectivity index (χ1n) is 7.59. The van der Waals surface area contributed by atoms with Gasteiger partial charge in [-0.15, -0.1) is 0 Å². The quantitative estimate of drug-likeness (QED) is 0.654. The molecule has 0 aromatic heterocycles. The van der Waals surface area contributed by atoms with Crippen LogP contribution in [0.2, 0.25) is 0 Å². The number of benzene rings is 1. The topological polar surface area (TPSA) is 56.5 Å². The first-order valence-corrected chi connectivity index (χ1v) is 7.59. The molecule has 2 heterocycles. The molecular weight excluding hydrogens is 252 g/mol. The molecule has 4 unspecified atom stereocenters. The SMILES string of the molecule is CC1OCCC1C(CC1CCOc2ccccc21)NN. The van der Waals surface area contributed by atoms with E-state index in [2.05, 4.69) is 30.5 Å². The van der Waals surface area contributed by atoms with Crippen molar-refractivity contribution >= 4 is 0 Å². The summed E-state index contributed by atoms with van der Waals surface area (Å²) in [6, 6.07) is 8.68. The number of rotatable bonds is 4. The van der Waals surface area contributed by atoms with Gasteiger partial charge in [0.05, 0.1) is 12.7 Å². The van der Waals surface area contributed by atoms with Gasteiger partial charge in [-0.05, 0) is 43.7 Å². The lowest BCUT2D eigenvalue weighted by molar-refractivity contribution is 0.0924. The third-order valence-electron chi connectivity index (χ3n) is 4.79. The molecule has 1 saturated heterocycles. The first kappa shape index (κ1) is 13.9. The third kappa shape index (κ3) is 2.68. The molecule has 0 amide bonds. The van der Waals surface area contributed by atoms with Crippen molar-refractivity contribution in [2.24, 2.45) is 11.8 Å². The van der Waals surface area contributed by atoms with Crippen molar-refractivity contribution in [2.45, 2.75) is 44.2 Å². The summed E-state index contributed by atoms with van der Waals surface area (Å²) in [6.07, 6.45) is 3.51. The van der Waals surface area contributed by atoms with Crippen molar-refractivity contribution in [1.29, 1.82) is 0 Å². The summed E-state index contributed by atoms with van der Waals surface area (Å²) in [6.45, 7) is 3.81. The number of hydrogen-bond donors (Lipinski definition) is 2. The van der Waals surface area contributed by atoms with Gasteiger partial charge in [0.1, 0.15) is 5.75 Å².